The predicted octanol–water partition coefficient (Wildman–Crippen LogP) is 2.61. The Kier molecular flexibility index (Phi) is 6.87. The molecule has 0 bridgehead atoms. The van der Waals surface area contributed by atoms with Crippen LogP contribution in [0.4, 0.5) is 0 Å². The molecule has 0 aliphatic heterocycles. The minimum atomic E-state index is -0.365. The third kappa shape index (κ3) is 5.43. The molecule has 0 radical (unpaired) electrons. The Morgan fingerprint density at radius 3 is 2.55 bits per heavy atom. The van der Waals surface area contributed by atoms with Gasteiger partial charge in [-0.1, -0.05) is 44.2 Å². The van der Waals surface area contributed by atoms with E-state index in [9.17, 15) is 4.79 Å². The number of ether oxygens (including phenoxy) is 1. The summed E-state index contributed by atoms with van der Waals surface area (Å²) < 4.78 is 5.48. The molecule has 1 fully saturated rings. The van der Waals surface area contributed by atoms with Crippen molar-refractivity contribution in [2.45, 2.75) is 32.7 Å². The monoisotopic (exact) mass is 304 g/mol. The summed E-state index contributed by atoms with van der Waals surface area (Å²) >= 11 is 0. The molecule has 4 heteroatoms. The summed E-state index contributed by atoms with van der Waals surface area (Å²) in [5.74, 6) is 0.439. The molecule has 1 saturated carbocycles. The highest BCUT2D eigenvalue weighted by molar-refractivity contribution is 5.77. The van der Waals surface area contributed by atoms with Gasteiger partial charge in [0.25, 0.3) is 0 Å². The second kappa shape index (κ2) is 8.91. The maximum absolute atomic E-state index is 12.4. The molecule has 0 saturated heterocycles. The van der Waals surface area contributed by atoms with Crippen molar-refractivity contribution in [2.75, 3.05) is 32.8 Å². The van der Waals surface area contributed by atoms with Gasteiger partial charge in [0.15, 0.2) is 0 Å². The maximum Gasteiger partial charge on any atom is 0.327 e. The van der Waals surface area contributed by atoms with E-state index in [1.807, 2.05) is 30.3 Å². The smallest absolute Gasteiger partial charge is 0.327 e. The molecule has 0 aromatic heterocycles. The lowest BCUT2D eigenvalue weighted by molar-refractivity contribution is -0.146. The van der Waals surface area contributed by atoms with Gasteiger partial charge in [-0.05, 0) is 37.4 Å². The summed E-state index contributed by atoms with van der Waals surface area (Å²) in [6.07, 6.45) is 2.39. The molecule has 1 atom stereocenters. The maximum atomic E-state index is 12.4. The number of esters is 1. The van der Waals surface area contributed by atoms with Crippen LogP contribution in [0.1, 0.15) is 38.3 Å². The van der Waals surface area contributed by atoms with Crippen molar-refractivity contribution in [1.82, 2.24) is 10.2 Å². The van der Waals surface area contributed by atoms with Crippen LogP contribution in [0.2, 0.25) is 0 Å². The molecule has 0 spiro atoms. The van der Waals surface area contributed by atoms with Gasteiger partial charge in [-0.25, -0.2) is 4.79 Å². The van der Waals surface area contributed by atoms with Gasteiger partial charge < -0.3 is 9.64 Å². The quantitative estimate of drug-likeness (QED) is 0.675. The number of nitrogens with one attached hydrogen (secondary N) is 1. The van der Waals surface area contributed by atoms with E-state index in [1.165, 1.54) is 12.8 Å². The highest BCUT2D eigenvalue weighted by atomic mass is 16.5. The van der Waals surface area contributed by atoms with E-state index < -0.39 is 0 Å². The molecule has 1 aromatic rings. The zero-order valence-electron chi connectivity index (χ0n) is 13.8. The fourth-order valence-corrected chi connectivity index (χ4v) is 2.46. The van der Waals surface area contributed by atoms with Gasteiger partial charge in [0.1, 0.15) is 6.04 Å². The number of carbonyl (C=O) groups is 1. The summed E-state index contributed by atoms with van der Waals surface area (Å²) in [4.78, 5) is 14.7. The zero-order chi connectivity index (χ0) is 15.8. The lowest BCUT2D eigenvalue weighted by Gasteiger charge is -2.22. The zero-order valence-corrected chi connectivity index (χ0v) is 13.8. The average Bonchev–Trinajstić information content (AvgIpc) is 3.38. The Morgan fingerprint density at radius 2 is 1.95 bits per heavy atom. The first kappa shape index (κ1) is 17.0. The topological polar surface area (TPSA) is 41.6 Å². The van der Waals surface area contributed by atoms with E-state index in [-0.39, 0.29) is 12.0 Å². The van der Waals surface area contributed by atoms with E-state index in [1.54, 1.807) is 0 Å². The first-order valence-electron chi connectivity index (χ1n) is 8.41. The van der Waals surface area contributed by atoms with Crippen LogP contribution in [-0.4, -0.2) is 43.7 Å². The van der Waals surface area contributed by atoms with Crippen molar-refractivity contribution >= 4 is 5.97 Å². The number of likely N-dealkylation sites (N-methyl/N-ethyl adjacent to an activating group) is 1. The van der Waals surface area contributed by atoms with Crippen LogP contribution in [-0.2, 0) is 9.53 Å². The van der Waals surface area contributed by atoms with E-state index in [0.29, 0.717) is 12.5 Å². The molecular weight excluding hydrogens is 276 g/mol. The Labute approximate surface area is 133 Å². The van der Waals surface area contributed by atoms with E-state index in [0.717, 1.165) is 31.7 Å². The molecule has 1 aliphatic carbocycles. The standard InChI is InChI=1S/C18H28N2O2/c1-3-20(4-2)13-12-19-17(16-8-6-5-7-9-16)18(21)22-14-15-10-11-15/h5-9,15,17,19H,3-4,10-14H2,1-2H3. The van der Waals surface area contributed by atoms with E-state index >= 15 is 0 Å². The minimum absolute atomic E-state index is 0.155. The summed E-state index contributed by atoms with van der Waals surface area (Å²) in [5, 5.41) is 3.36. The number of nitrogens with zero attached hydrogens (tertiary/aromatic N) is 1. The Balaban J connectivity index is 1.90. The third-order valence-corrected chi connectivity index (χ3v) is 4.20. The first-order valence-corrected chi connectivity index (χ1v) is 8.41. The number of benzene rings is 1. The lowest BCUT2D eigenvalue weighted by Crippen LogP contribution is -2.37. The van der Waals surface area contributed by atoms with Crippen molar-refractivity contribution < 1.29 is 9.53 Å². The lowest BCUT2D eigenvalue weighted by atomic mass is 10.1. The van der Waals surface area contributed by atoms with Crippen LogP contribution < -0.4 is 5.32 Å². The molecule has 4 nitrogen and oxygen atoms in total. The first-order chi connectivity index (χ1) is 10.7. The van der Waals surface area contributed by atoms with Crippen LogP contribution >= 0.6 is 0 Å². The molecule has 122 valence electrons. The van der Waals surface area contributed by atoms with Crippen LogP contribution in [0.5, 0.6) is 0 Å². The Morgan fingerprint density at radius 1 is 1.27 bits per heavy atom. The van der Waals surface area contributed by atoms with Crippen LogP contribution in [0.15, 0.2) is 30.3 Å². The van der Waals surface area contributed by atoms with Crippen molar-refractivity contribution in [2.24, 2.45) is 5.92 Å². The van der Waals surface area contributed by atoms with Crippen LogP contribution in [0.25, 0.3) is 0 Å². The highest BCUT2D eigenvalue weighted by Crippen LogP contribution is 2.29. The van der Waals surface area contributed by atoms with Crippen LogP contribution in [0, 0.1) is 5.92 Å². The van der Waals surface area contributed by atoms with Gasteiger partial charge in [0.2, 0.25) is 0 Å². The summed E-state index contributed by atoms with van der Waals surface area (Å²) in [5.41, 5.74) is 0.975. The van der Waals surface area contributed by atoms with Gasteiger partial charge in [-0.2, -0.15) is 0 Å². The fraction of sp³-hybridized carbons (Fsp3) is 0.611. The van der Waals surface area contributed by atoms with E-state index in [4.69, 9.17) is 4.74 Å². The summed E-state index contributed by atoms with van der Waals surface area (Å²) in [7, 11) is 0. The third-order valence-electron chi connectivity index (χ3n) is 4.20. The normalized spacial score (nSPS) is 15.8. The van der Waals surface area contributed by atoms with Gasteiger partial charge in [-0.3, -0.25) is 5.32 Å². The number of rotatable bonds is 10. The molecule has 1 N–H and O–H groups in total. The number of carbonyl (C=O) groups excluding carboxylic acids is 1. The molecular formula is C18H28N2O2. The molecule has 2 rings (SSSR count). The summed E-state index contributed by atoms with van der Waals surface area (Å²) in [6, 6.07) is 9.48. The van der Waals surface area contributed by atoms with Gasteiger partial charge in [0.05, 0.1) is 6.61 Å². The van der Waals surface area contributed by atoms with Gasteiger partial charge in [-0.15, -0.1) is 0 Å². The van der Waals surface area contributed by atoms with Crippen molar-refractivity contribution in [1.29, 1.82) is 0 Å². The molecule has 1 aliphatic rings. The predicted molar refractivity (Wildman–Crippen MR) is 88.7 cm³/mol. The molecule has 0 heterocycles. The minimum Gasteiger partial charge on any atom is -0.464 e. The molecule has 22 heavy (non-hydrogen) atoms. The Hall–Kier alpha value is -1.39. The number of hydrogen-bond donors (Lipinski definition) is 1. The fourth-order valence-electron chi connectivity index (χ4n) is 2.46. The second-order valence-corrected chi connectivity index (χ2v) is 5.90. The second-order valence-electron chi connectivity index (χ2n) is 5.90. The molecule has 0 amide bonds. The van der Waals surface area contributed by atoms with Crippen molar-refractivity contribution in [3.05, 3.63) is 35.9 Å². The van der Waals surface area contributed by atoms with Gasteiger partial charge >= 0.3 is 5.97 Å². The SMILES string of the molecule is CCN(CC)CCNC(C(=O)OCC1CC1)c1ccccc1. The largest absolute Gasteiger partial charge is 0.464 e. The Bertz CT molecular complexity index is 442. The highest BCUT2D eigenvalue weighted by Gasteiger charge is 2.26. The van der Waals surface area contributed by atoms with E-state index in [2.05, 4.69) is 24.1 Å². The number of hydrogen-bond acceptors (Lipinski definition) is 4. The van der Waals surface area contributed by atoms with Crippen LogP contribution in [0.3, 0.4) is 0 Å². The molecule has 1 aromatic carbocycles. The molecule has 1 unspecified atom stereocenters. The van der Waals surface area contributed by atoms with Crippen molar-refractivity contribution in [3.63, 3.8) is 0 Å². The average molecular weight is 304 g/mol. The summed E-state index contributed by atoms with van der Waals surface area (Å²) in [6.45, 7) is 8.65. The van der Waals surface area contributed by atoms with Crippen molar-refractivity contribution in [3.8, 4) is 0 Å². The van der Waals surface area contributed by atoms with Gasteiger partial charge in [0, 0.05) is 13.1 Å².